The standard InChI is InChI=1S/C16H34O2Si/c1-5-8-9-10-11-12-13-14-15-16-19(4,17-6-2)18-7-3/h15-16H,5-14H2,1-4H3/b16-15+. The molecule has 0 atom stereocenters. The second-order valence-electron chi connectivity index (χ2n) is 5.19. The van der Waals surface area contributed by atoms with E-state index in [0.29, 0.717) is 0 Å². The number of rotatable bonds is 13. The van der Waals surface area contributed by atoms with Gasteiger partial charge in [-0.2, -0.15) is 0 Å². The number of allylic oxidation sites excluding steroid dienone is 1. The van der Waals surface area contributed by atoms with Crippen molar-refractivity contribution in [1.29, 1.82) is 0 Å². The molecule has 0 spiro atoms. The molecule has 114 valence electrons. The Hall–Kier alpha value is -0.123. The van der Waals surface area contributed by atoms with Crippen LogP contribution in [0.2, 0.25) is 6.55 Å². The van der Waals surface area contributed by atoms with Gasteiger partial charge in [0.25, 0.3) is 0 Å². The van der Waals surface area contributed by atoms with Gasteiger partial charge in [-0.05, 0) is 38.9 Å². The van der Waals surface area contributed by atoms with Gasteiger partial charge in [0.2, 0.25) is 0 Å². The molecule has 0 aromatic carbocycles. The summed E-state index contributed by atoms with van der Waals surface area (Å²) < 4.78 is 11.5. The monoisotopic (exact) mass is 286 g/mol. The maximum absolute atomic E-state index is 5.77. The maximum Gasteiger partial charge on any atom is 0.361 e. The van der Waals surface area contributed by atoms with Crippen molar-refractivity contribution in [3.8, 4) is 0 Å². The average Bonchev–Trinajstić information content (AvgIpc) is 2.37. The van der Waals surface area contributed by atoms with Crippen LogP contribution in [-0.2, 0) is 8.85 Å². The predicted octanol–water partition coefficient (Wildman–Crippen LogP) is 5.37. The fourth-order valence-corrected chi connectivity index (χ4v) is 4.24. The lowest BCUT2D eigenvalue weighted by molar-refractivity contribution is 0.201. The highest BCUT2D eigenvalue weighted by atomic mass is 28.4. The molecule has 0 amide bonds. The molecule has 0 aliphatic carbocycles. The van der Waals surface area contributed by atoms with Gasteiger partial charge in [0.05, 0.1) is 0 Å². The Morgan fingerprint density at radius 1 is 0.789 bits per heavy atom. The Morgan fingerprint density at radius 3 is 1.84 bits per heavy atom. The van der Waals surface area contributed by atoms with Gasteiger partial charge < -0.3 is 8.85 Å². The molecule has 0 saturated carbocycles. The van der Waals surface area contributed by atoms with E-state index in [-0.39, 0.29) is 0 Å². The van der Waals surface area contributed by atoms with Crippen LogP contribution in [0.4, 0.5) is 0 Å². The summed E-state index contributed by atoms with van der Waals surface area (Å²) in [6.45, 7) is 9.95. The third-order valence-electron chi connectivity index (χ3n) is 3.26. The van der Waals surface area contributed by atoms with Crippen LogP contribution in [0.15, 0.2) is 11.8 Å². The lowest BCUT2D eigenvalue weighted by atomic mass is 10.1. The molecule has 0 saturated heterocycles. The van der Waals surface area contributed by atoms with Crippen LogP contribution < -0.4 is 0 Å². The molecule has 0 rings (SSSR count). The fourth-order valence-electron chi connectivity index (χ4n) is 2.23. The highest BCUT2D eigenvalue weighted by molar-refractivity contribution is 6.71. The minimum atomic E-state index is -2.02. The van der Waals surface area contributed by atoms with E-state index in [0.717, 1.165) is 19.6 Å². The summed E-state index contributed by atoms with van der Waals surface area (Å²) in [4.78, 5) is 0. The lowest BCUT2D eigenvalue weighted by Gasteiger charge is -2.22. The molecular weight excluding hydrogens is 252 g/mol. The minimum Gasteiger partial charge on any atom is -0.392 e. The summed E-state index contributed by atoms with van der Waals surface area (Å²) in [5.41, 5.74) is 2.21. The Kier molecular flexibility index (Phi) is 12.8. The molecule has 0 aromatic heterocycles. The van der Waals surface area contributed by atoms with Crippen molar-refractivity contribution in [2.45, 2.75) is 78.7 Å². The Morgan fingerprint density at radius 2 is 1.32 bits per heavy atom. The van der Waals surface area contributed by atoms with Crippen LogP contribution in [0.3, 0.4) is 0 Å². The smallest absolute Gasteiger partial charge is 0.361 e. The van der Waals surface area contributed by atoms with E-state index in [9.17, 15) is 0 Å². The molecule has 0 bridgehead atoms. The van der Waals surface area contributed by atoms with Crippen molar-refractivity contribution in [3.05, 3.63) is 11.8 Å². The number of hydrogen-bond donors (Lipinski definition) is 0. The zero-order valence-corrected chi connectivity index (χ0v) is 14.5. The van der Waals surface area contributed by atoms with Crippen LogP contribution >= 0.6 is 0 Å². The average molecular weight is 287 g/mol. The third-order valence-corrected chi connectivity index (χ3v) is 5.82. The Bertz CT molecular complexity index is 211. The zero-order valence-electron chi connectivity index (χ0n) is 13.5. The molecular formula is C16H34O2Si. The Labute approximate surface area is 121 Å². The largest absolute Gasteiger partial charge is 0.392 e. The van der Waals surface area contributed by atoms with Gasteiger partial charge >= 0.3 is 8.56 Å². The molecule has 2 nitrogen and oxygen atoms in total. The number of hydrogen-bond acceptors (Lipinski definition) is 2. The summed E-state index contributed by atoms with van der Waals surface area (Å²) >= 11 is 0. The first kappa shape index (κ1) is 18.9. The molecule has 0 aromatic rings. The second kappa shape index (κ2) is 12.9. The number of unbranched alkanes of at least 4 members (excludes halogenated alkanes) is 7. The van der Waals surface area contributed by atoms with Crippen molar-refractivity contribution in [3.63, 3.8) is 0 Å². The van der Waals surface area contributed by atoms with Gasteiger partial charge in [0, 0.05) is 13.2 Å². The van der Waals surface area contributed by atoms with Crippen molar-refractivity contribution in [2.24, 2.45) is 0 Å². The molecule has 0 radical (unpaired) electrons. The van der Waals surface area contributed by atoms with Gasteiger partial charge in [-0.15, -0.1) is 0 Å². The quantitative estimate of drug-likeness (QED) is 0.335. The van der Waals surface area contributed by atoms with E-state index in [4.69, 9.17) is 8.85 Å². The van der Waals surface area contributed by atoms with Gasteiger partial charge in [0.1, 0.15) is 0 Å². The molecule has 19 heavy (non-hydrogen) atoms. The van der Waals surface area contributed by atoms with E-state index in [1.165, 1.54) is 44.9 Å². The highest BCUT2D eigenvalue weighted by Gasteiger charge is 2.26. The predicted molar refractivity (Wildman–Crippen MR) is 86.6 cm³/mol. The first-order valence-corrected chi connectivity index (χ1v) is 10.5. The van der Waals surface area contributed by atoms with E-state index in [2.05, 4.69) is 25.2 Å². The molecule has 0 aliphatic heterocycles. The van der Waals surface area contributed by atoms with Crippen molar-refractivity contribution < 1.29 is 8.85 Å². The van der Waals surface area contributed by atoms with E-state index in [1.807, 2.05) is 13.8 Å². The first-order valence-electron chi connectivity index (χ1n) is 8.14. The second-order valence-corrected chi connectivity index (χ2v) is 8.14. The van der Waals surface area contributed by atoms with Crippen LogP contribution in [0.1, 0.15) is 72.1 Å². The summed E-state index contributed by atoms with van der Waals surface area (Å²) in [5.74, 6) is 0. The maximum atomic E-state index is 5.77. The van der Waals surface area contributed by atoms with E-state index >= 15 is 0 Å². The summed E-state index contributed by atoms with van der Waals surface area (Å²) in [6, 6.07) is 0. The van der Waals surface area contributed by atoms with Gasteiger partial charge in [0.15, 0.2) is 0 Å². The molecule has 0 heterocycles. The van der Waals surface area contributed by atoms with E-state index in [1.54, 1.807) is 0 Å². The van der Waals surface area contributed by atoms with Gasteiger partial charge in [-0.25, -0.2) is 0 Å². The fraction of sp³-hybridized carbons (Fsp3) is 0.875. The summed E-state index contributed by atoms with van der Waals surface area (Å²) in [6.07, 6.45) is 13.0. The molecule has 0 unspecified atom stereocenters. The molecule has 3 heteroatoms. The molecule has 0 fully saturated rings. The van der Waals surface area contributed by atoms with Crippen molar-refractivity contribution in [1.82, 2.24) is 0 Å². The topological polar surface area (TPSA) is 18.5 Å². The summed E-state index contributed by atoms with van der Waals surface area (Å²) in [5, 5.41) is 0. The van der Waals surface area contributed by atoms with Crippen LogP contribution in [0.25, 0.3) is 0 Å². The minimum absolute atomic E-state index is 0.741. The molecule has 0 N–H and O–H groups in total. The molecule has 0 aliphatic rings. The highest BCUT2D eigenvalue weighted by Crippen LogP contribution is 2.12. The summed E-state index contributed by atoms with van der Waals surface area (Å²) in [7, 11) is -2.02. The Balaban J connectivity index is 3.63. The SMILES string of the molecule is CCCCCCCCC/C=C/[Si](C)(OCC)OCC. The van der Waals surface area contributed by atoms with Crippen LogP contribution in [0.5, 0.6) is 0 Å². The van der Waals surface area contributed by atoms with Crippen molar-refractivity contribution in [2.75, 3.05) is 13.2 Å². The lowest BCUT2D eigenvalue weighted by Crippen LogP contribution is -2.36. The van der Waals surface area contributed by atoms with Crippen LogP contribution in [-0.4, -0.2) is 21.8 Å². The third kappa shape index (κ3) is 11.4. The van der Waals surface area contributed by atoms with Crippen molar-refractivity contribution >= 4 is 8.56 Å². The normalized spacial score (nSPS) is 12.4. The van der Waals surface area contributed by atoms with Gasteiger partial charge in [-0.1, -0.05) is 51.5 Å². The first-order chi connectivity index (χ1) is 9.18. The van der Waals surface area contributed by atoms with E-state index < -0.39 is 8.56 Å². The zero-order chi connectivity index (χ0) is 14.4. The van der Waals surface area contributed by atoms with Gasteiger partial charge in [-0.3, -0.25) is 0 Å². The van der Waals surface area contributed by atoms with Crippen LogP contribution in [0, 0.1) is 0 Å².